The van der Waals surface area contributed by atoms with E-state index in [0.29, 0.717) is 12.1 Å². The molecule has 0 saturated heterocycles. The Kier molecular flexibility index (Phi) is 2.96. The van der Waals surface area contributed by atoms with Gasteiger partial charge in [-0.2, -0.15) is 26.3 Å². The van der Waals surface area contributed by atoms with E-state index in [2.05, 4.69) is 0 Å². The Bertz CT molecular complexity index is 360. The highest BCUT2D eigenvalue weighted by atomic mass is 19.4. The molecule has 0 unspecified atom stereocenters. The van der Waals surface area contributed by atoms with Crippen LogP contribution in [0.1, 0.15) is 22.3 Å². The first-order chi connectivity index (χ1) is 7.05. The average Bonchev–Trinajstić information content (AvgIpc) is 2.05. The van der Waals surface area contributed by atoms with E-state index in [9.17, 15) is 26.3 Å². The fourth-order valence-electron chi connectivity index (χ4n) is 1.43. The molecule has 1 rings (SSSR count). The molecule has 90 valence electrons. The molecule has 1 aromatic carbocycles. The molecule has 0 aliphatic heterocycles. The van der Waals surface area contributed by atoms with Crippen LogP contribution in [0.5, 0.6) is 0 Å². The van der Waals surface area contributed by atoms with Crippen LogP contribution in [0, 0.1) is 13.8 Å². The fraction of sp³-hybridized carbons (Fsp3) is 0.400. The van der Waals surface area contributed by atoms with E-state index in [1.165, 1.54) is 0 Å². The SMILES string of the molecule is Cc1c(C(F)(F)F)ccc(C(F)(F)F)c1C. The average molecular weight is 242 g/mol. The molecule has 0 radical (unpaired) electrons. The van der Waals surface area contributed by atoms with E-state index in [4.69, 9.17) is 0 Å². The Morgan fingerprint density at radius 2 is 0.938 bits per heavy atom. The van der Waals surface area contributed by atoms with E-state index < -0.39 is 23.5 Å². The zero-order valence-corrected chi connectivity index (χ0v) is 8.42. The monoisotopic (exact) mass is 242 g/mol. The molecule has 0 nitrogen and oxygen atoms in total. The highest BCUT2D eigenvalue weighted by Crippen LogP contribution is 2.38. The number of hydrogen-bond donors (Lipinski definition) is 0. The highest BCUT2D eigenvalue weighted by Gasteiger charge is 2.37. The van der Waals surface area contributed by atoms with Crippen molar-refractivity contribution in [3.8, 4) is 0 Å². The number of benzene rings is 1. The molecular weight excluding hydrogens is 234 g/mol. The van der Waals surface area contributed by atoms with Gasteiger partial charge in [0, 0.05) is 0 Å². The molecule has 0 amide bonds. The number of hydrogen-bond acceptors (Lipinski definition) is 0. The quantitative estimate of drug-likeness (QED) is 0.593. The summed E-state index contributed by atoms with van der Waals surface area (Å²) in [5, 5.41) is 0. The summed E-state index contributed by atoms with van der Waals surface area (Å²) in [5.74, 6) is 0. The Balaban J connectivity index is 3.41. The van der Waals surface area contributed by atoms with Crippen molar-refractivity contribution in [1.29, 1.82) is 0 Å². The summed E-state index contributed by atoms with van der Waals surface area (Å²) in [5.41, 5.74) is -2.83. The molecule has 6 heteroatoms. The Labute approximate surface area is 87.9 Å². The van der Waals surface area contributed by atoms with E-state index in [1.807, 2.05) is 0 Å². The minimum Gasteiger partial charge on any atom is -0.166 e. The molecule has 0 aromatic heterocycles. The van der Waals surface area contributed by atoms with Gasteiger partial charge in [0.2, 0.25) is 0 Å². The lowest BCUT2D eigenvalue weighted by Gasteiger charge is -2.17. The van der Waals surface area contributed by atoms with Crippen molar-refractivity contribution >= 4 is 0 Å². The van der Waals surface area contributed by atoms with E-state index in [0.717, 1.165) is 13.8 Å². The Morgan fingerprint density at radius 3 is 1.12 bits per heavy atom. The molecule has 0 fully saturated rings. The molecular formula is C10H8F6. The van der Waals surface area contributed by atoms with E-state index in [-0.39, 0.29) is 11.1 Å². The third kappa shape index (κ3) is 2.31. The molecule has 0 atom stereocenters. The zero-order valence-electron chi connectivity index (χ0n) is 8.42. The lowest BCUT2D eigenvalue weighted by Crippen LogP contribution is -2.13. The van der Waals surface area contributed by atoms with Crippen LogP contribution < -0.4 is 0 Å². The van der Waals surface area contributed by atoms with Crippen LogP contribution in [0.2, 0.25) is 0 Å². The minimum atomic E-state index is -4.63. The first-order valence-corrected chi connectivity index (χ1v) is 4.29. The fourth-order valence-corrected chi connectivity index (χ4v) is 1.43. The van der Waals surface area contributed by atoms with Gasteiger partial charge in [-0.15, -0.1) is 0 Å². The van der Waals surface area contributed by atoms with Gasteiger partial charge >= 0.3 is 12.4 Å². The largest absolute Gasteiger partial charge is 0.416 e. The highest BCUT2D eigenvalue weighted by molar-refractivity contribution is 5.42. The van der Waals surface area contributed by atoms with E-state index >= 15 is 0 Å². The summed E-state index contributed by atoms with van der Waals surface area (Å²) in [6.07, 6.45) is -9.25. The van der Waals surface area contributed by atoms with Crippen LogP contribution in [0.25, 0.3) is 0 Å². The summed E-state index contributed by atoms with van der Waals surface area (Å²) in [7, 11) is 0. The first-order valence-electron chi connectivity index (χ1n) is 4.29. The predicted molar refractivity (Wildman–Crippen MR) is 45.9 cm³/mol. The molecule has 0 heterocycles. The number of alkyl halides is 6. The summed E-state index contributed by atoms with van der Waals surface area (Å²) >= 11 is 0. The van der Waals surface area contributed by atoms with Crippen molar-refractivity contribution in [3.05, 3.63) is 34.4 Å². The van der Waals surface area contributed by atoms with Gasteiger partial charge in [-0.25, -0.2) is 0 Å². The molecule has 0 spiro atoms. The van der Waals surface area contributed by atoms with Crippen LogP contribution >= 0.6 is 0 Å². The molecule has 1 aromatic rings. The van der Waals surface area contributed by atoms with Crippen molar-refractivity contribution in [2.24, 2.45) is 0 Å². The van der Waals surface area contributed by atoms with Crippen LogP contribution in [0.15, 0.2) is 12.1 Å². The topological polar surface area (TPSA) is 0 Å². The second kappa shape index (κ2) is 3.68. The number of halogens is 6. The molecule has 0 aliphatic rings. The smallest absolute Gasteiger partial charge is 0.166 e. The normalized spacial score (nSPS) is 13.0. The minimum absolute atomic E-state index is 0.387. The summed E-state index contributed by atoms with van der Waals surface area (Å²) in [4.78, 5) is 0. The Hall–Kier alpha value is -1.20. The standard InChI is InChI=1S/C10H8F6/c1-5-6(2)8(10(14,15)16)4-3-7(5)9(11,12)13/h3-4H,1-2H3. The van der Waals surface area contributed by atoms with Crippen molar-refractivity contribution < 1.29 is 26.3 Å². The maximum atomic E-state index is 12.4. The Morgan fingerprint density at radius 1 is 0.688 bits per heavy atom. The maximum Gasteiger partial charge on any atom is 0.416 e. The third-order valence-corrected chi connectivity index (χ3v) is 2.40. The van der Waals surface area contributed by atoms with Gasteiger partial charge in [0.25, 0.3) is 0 Å². The lowest BCUT2D eigenvalue weighted by atomic mass is 9.97. The van der Waals surface area contributed by atoms with Gasteiger partial charge in [0.05, 0.1) is 11.1 Å². The van der Waals surface area contributed by atoms with Crippen LogP contribution in [0.4, 0.5) is 26.3 Å². The van der Waals surface area contributed by atoms with Gasteiger partial charge in [-0.3, -0.25) is 0 Å². The zero-order chi connectivity index (χ0) is 12.7. The lowest BCUT2D eigenvalue weighted by molar-refractivity contribution is -0.142. The van der Waals surface area contributed by atoms with Crippen LogP contribution in [0.3, 0.4) is 0 Å². The summed E-state index contributed by atoms with van der Waals surface area (Å²) in [6, 6.07) is 0.927. The molecule has 0 saturated carbocycles. The second-order valence-corrected chi connectivity index (χ2v) is 3.41. The second-order valence-electron chi connectivity index (χ2n) is 3.41. The van der Waals surface area contributed by atoms with Crippen LogP contribution in [-0.4, -0.2) is 0 Å². The molecule has 0 N–H and O–H groups in total. The van der Waals surface area contributed by atoms with Crippen molar-refractivity contribution in [1.82, 2.24) is 0 Å². The third-order valence-electron chi connectivity index (χ3n) is 2.40. The van der Waals surface area contributed by atoms with Gasteiger partial charge in [-0.1, -0.05) is 0 Å². The first kappa shape index (κ1) is 12.9. The number of rotatable bonds is 0. The summed E-state index contributed by atoms with van der Waals surface area (Å²) in [6.45, 7) is 2.07. The van der Waals surface area contributed by atoms with Gasteiger partial charge < -0.3 is 0 Å². The van der Waals surface area contributed by atoms with Crippen molar-refractivity contribution in [2.45, 2.75) is 26.2 Å². The molecule has 16 heavy (non-hydrogen) atoms. The van der Waals surface area contributed by atoms with Gasteiger partial charge in [-0.05, 0) is 37.1 Å². The molecule has 0 bridgehead atoms. The van der Waals surface area contributed by atoms with Gasteiger partial charge in [0.15, 0.2) is 0 Å². The van der Waals surface area contributed by atoms with Crippen molar-refractivity contribution in [2.75, 3.05) is 0 Å². The summed E-state index contributed by atoms with van der Waals surface area (Å²) < 4.78 is 74.3. The van der Waals surface area contributed by atoms with E-state index in [1.54, 1.807) is 0 Å². The maximum absolute atomic E-state index is 12.4. The predicted octanol–water partition coefficient (Wildman–Crippen LogP) is 4.34. The van der Waals surface area contributed by atoms with Gasteiger partial charge in [0.1, 0.15) is 0 Å². The van der Waals surface area contributed by atoms with Crippen molar-refractivity contribution in [3.63, 3.8) is 0 Å². The van der Waals surface area contributed by atoms with Crippen LogP contribution in [-0.2, 0) is 12.4 Å². The molecule has 0 aliphatic carbocycles.